The van der Waals surface area contributed by atoms with Gasteiger partial charge in [0.2, 0.25) is 0 Å². The van der Waals surface area contributed by atoms with E-state index in [4.69, 9.17) is 14.2 Å². The number of hydrogen-bond acceptors (Lipinski definition) is 4. The van der Waals surface area contributed by atoms with Crippen LogP contribution in [0.3, 0.4) is 0 Å². The first-order valence-corrected chi connectivity index (χ1v) is 5.76. The molecule has 0 amide bonds. The number of esters is 1. The van der Waals surface area contributed by atoms with Gasteiger partial charge in [-0.1, -0.05) is 6.92 Å². The molecule has 4 atom stereocenters. The molecule has 4 nitrogen and oxygen atoms in total. The predicted molar refractivity (Wildman–Crippen MR) is 51.1 cm³/mol. The van der Waals surface area contributed by atoms with Gasteiger partial charge in [0.1, 0.15) is 12.2 Å². The second kappa shape index (κ2) is 3.19. The highest BCUT2D eigenvalue weighted by Gasteiger charge is 2.55. The molecule has 84 valence electrons. The lowest BCUT2D eigenvalue weighted by Gasteiger charge is -2.24. The third-order valence-electron chi connectivity index (χ3n) is 3.63. The molecule has 3 fully saturated rings. The molecular weight excluding hydrogens is 196 g/mol. The monoisotopic (exact) mass is 212 g/mol. The van der Waals surface area contributed by atoms with Gasteiger partial charge in [0, 0.05) is 12.8 Å². The van der Waals surface area contributed by atoms with Crippen LogP contribution in [0.4, 0.5) is 0 Å². The highest BCUT2D eigenvalue weighted by Crippen LogP contribution is 2.46. The largest absolute Gasteiger partial charge is 0.459 e. The standard InChI is InChI=1S/C11H16O4/c1-2-7-3-4-11(14-7)6-9-8(15-11)5-10(12)13-9/h7-9H,2-6H2,1H3/t7-,8+,9+,11+/m1/s1. The van der Waals surface area contributed by atoms with Crippen LogP contribution >= 0.6 is 0 Å². The topological polar surface area (TPSA) is 44.8 Å². The molecule has 15 heavy (non-hydrogen) atoms. The Kier molecular flexibility index (Phi) is 2.04. The molecule has 0 aromatic rings. The van der Waals surface area contributed by atoms with Gasteiger partial charge in [-0.3, -0.25) is 4.79 Å². The number of carbonyl (C=O) groups is 1. The van der Waals surface area contributed by atoms with Crippen molar-refractivity contribution in [2.24, 2.45) is 0 Å². The van der Waals surface area contributed by atoms with E-state index in [-0.39, 0.29) is 18.2 Å². The summed E-state index contributed by atoms with van der Waals surface area (Å²) < 4.78 is 17.0. The van der Waals surface area contributed by atoms with Crippen molar-refractivity contribution in [1.82, 2.24) is 0 Å². The summed E-state index contributed by atoms with van der Waals surface area (Å²) in [5.41, 5.74) is 0. The lowest BCUT2D eigenvalue weighted by atomic mass is 10.1. The summed E-state index contributed by atoms with van der Waals surface area (Å²) >= 11 is 0. The second-order valence-electron chi connectivity index (χ2n) is 4.69. The van der Waals surface area contributed by atoms with Gasteiger partial charge in [0.25, 0.3) is 0 Å². The van der Waals surface area contributed by atoms with E-state index >= 15 is 0 Å². The van der Waals surface area contributed by atoms with E-state index in [0.717, 1.165) is 25.7 Å². The van der Waals surface area contributed by atoms with Gasteiger partial charge in [0.05, 0.1) is 12.5 Å². The molecule has 0 radical (unpaired) electrons. The van der Waals surface area contributed by atoms with E-state index in [1.54, 1.807) is 0 Å². The number of ether oxygens (including phenoxy) is 3. The van der Waals surface area contributed by atoms with Crippen LogP contribution in [-0.4, -0.2) is 30.1 Å². The molecule has 1 spiro atoms. The third kappa shape index (κ3) is 1.47. The maximum atomic E-state index is 11.0. The fourth-order valence-electron chi connectivity index (χ4n) is 2.84. The minimum atomic E-state index is -0.434. The van der Waals surface area contributed by atoms with Crippen LogP contribution in [0, 0.1) is 0 Å². The van der Waals surface area contributed by atoms with E-state index in [1.165, 1.54) is 0 Å². The zero-order valence-corrected chi connectivity index (χ0v) is 8.90. The average molecular weight is 212 g/mol. The number of hydrogen-bond donors (Lipinski definition) is 0. The molecule has 3 saturated heterocycles. The molecule has 3 rings (SSSR count). The van der Waals surface area contributed by atoms with Crippen molar-refractivity contribution in [3.63, 3.8) is 0 Å². The molecule has 4 heteroatoms. The summed E-state index contributed by atoms with van der Waals surface area (Å²) in [6.07, 6.45) is 4.34. The Morgan fingerprint density at radius 3 is 2.93 bits per heavy atom. The van der Waals surface area contributed by atoms with E-state index < -0.39 is 5.79 Å². The summed E-state index contributed by atoms with van der Waals surface area (Å²) in [5.74, 6) is -0.568. The van der Waals surface area contributed by atoms with Gasteiger partial charge in [-0.15, -0.1) is 0 Å². The Morgan fingerprint density at radius 1 is 1.40 bits per heavy atom. The van der Waals surface area contributed by atoms with Crippen LogP contribution in [0.2, 0.25) is 0 Å². The van der Waals surface area contributed by atoms with Crippen molar-refractivity contribution in [2.45, 2.75) is 63.1 Å². The minimum absolute atomic E-state index is 0.0619. The molecular formula is C11H16O4. The number of carbonyl (C=O) groups excluding carboxylic acids is 1. The predicted octanol–water partition coefficient (Wildman–Crippen LogP) is 1.38. The van der Waals surface area contributed by atoms with E-state index in [1.807, 2.05) is 0 Å². The Labute approximate surface area is 88.9 Å². The Balaban J connectivity index is 1.70. The molecule has 3 aliphatic heterocycles. The Hall–Kier alpha value is -0.610. The van der Waals surface area contributed by atoms with Crippen molar-refractivity contribution in [1.29, 1.82) is 0 Å². The Bertz CT molecular complexity index is 272. The maximum absolute atomic E-state index is 11.0. The zero-order chi connectivity index (χ0) is 10.5. The zero-order valence-electron chi connectivity index (χ0n) is 8.90. The van der Waals surface area contributed by atoms with Crippen molar-refractivity contribution < 1.29 is 19.0 Å². The summed E-state index contributed by atoms with van der Waals surface area (Å²) in [6, 6.07) is 0. The highest BCUT2D eigenvalue weighted by atomic mass is 16.7. The Morgan fingerprint density at radius 2 is 2.27 bits per heavy atom. The smallest absolute Gasteiger partial charge is 0.308 e. The minimum Gasteiger partial charge on any atom is -0.459 e. The number of fused-ring (bicyclic) bond motifs is 1. The molecule has 0 aliphatic carbocycles. The summed E-state index contributed by atoms with van der Waals surface area (Å²) in [4.78, 5) is 11.0. The third-order valence-corrected chi connectivity index (χ3v) is 3.63. The molecule has 0 aromatic heterocycles. The van der Waals surface area contributed by atoms with Crippen molar-refractivity contribution >= 4 is 5.97 Å². The molecule has 3 heterocycles. The van der Waals surface area contributed by atoms with E-state index in [2.05, 4.69) is 6.92 Å². The lowest BCUT2D eigenvalue weighted by molar-refractivity contribution is -0.216. The van der Waals surface area contributed by atoms with Gasteiger partial charge >= 0.3 is 5.97 Å². The highest BCUT2D eigenvalue weighted by molar-refractivity contribution is 5.72. The summed E-state index contributed by atoms with van der Waals surface area (Å²) in [6.45, 7) is 2.12. The van der Waals surface area contributed by atoms with Gasteiger partial charge in [-0.2, -0.15) is 0 Å². The fourth-order valence-corrected chi connectivity index (χ4v) is 2.84. The van der Waals surface area contributed by atoms with Gasteiger partial charge in [-0.05, 0) is 12.8 Å². The van der Waals surface area contributed by atoms with Gasteiger partial charge in [0.15, 0.2) is 5.79 Å². The maximum Gasteiger partial charge on any atom is 0.308 e. The van der Waals surface area contributed by atoms with Gasteiger partial charge < -0.3 is 14.2 Å². The molecule has 0 unspecified atom stereocenters. The van der Waals surface area contributed by atoms with Crippen LogP contribution < -0.4 is 0 Å². The molecule has 0 N–H and O–H groups in total. The molecule has 0 aromatic carbocycles. The van der Waals surface area contributed by atoms with Crippen molar-refractivity contribution in [3.8, 4) is 0 Å². The van der Waals surface area contributed by atoms with Crippen molar-refractivity contribution in [2.75, 3.05) is 0 Å². The lowest BCUT2D eigenvalue weighted by Crippen LogP contribution is -2.30. The van der Waals surface area contributed by atoms with Crippen LogP contribution in [0.25, 0.3) is 0 Å². The van der Waals surface area contributed by atoms with E-state index in [0.29, 0.717) is 12.5 Å². The molecule has 0 bridgehead atoms. The van der Waals surface area contributed by atoms with Crippen LogP contribution in [0.1, 0.15) is 39.0 Å². The molecule has 0 saturated carbocycles. The normalized spacial score (nSPS) is 48.6. The van der Waals surface area contributed by atoms with Crippen LogP contribution in [0.15, 0.2) is 0 Å². The fraction of sp³-hybridized carbons (Fsp3) is 0.909. The van der Waals surface area contributed by atoms with Crippen LogP contribution in [0.5, 0.6) is 0 Å². The first-order valence-electron chi connectivity index (χ1n) is 5.76. The average Bonchev–Trinajstić information content (AvgIpc) is 2.80. The SMILES string of the molecule is CC[C@@H]1CC[C@]2(C[C@@H]3OC(=O)C[C@@H]3O2)O1. The summed E-state index contributed by atoms with van der Waals surface area (Å²) in [7, 11) is 0. The van der Waals surface area contributed by atoms with Crippen LogP contribution in [-0.2, 0) is 19.0 Å². The number of rotatable bonds is 1. The first-order chi connectivity index (χ1) is 7.21. The first kappa shape index (κ1) is 9.60. The quantitative estimate of drug-likeness (QED) is 0.616. The van der Waals surface area contributed by atoms with E-state index in [9.17, 15) is 4.79 Å². The molecule has 3 aliphatic rings. The second-order valence-corrected chi connectivity index (χ2v) is 4.69. The summed E-state index contributed by atoms with van der Waals surface area (Å²) in [5, 5.41) is 0. The van der Waals surface area contributed by atoms with Gasteiger partial charge in [-0.25, -0.2) is 0 Å². The van der Waals surface area contributed by atoms with Crippen molar-refractivity contribution in [3.05, 3.63) is 0 Å².